The Morgan fingerprint density at radius 2 is 2.53 bits per heavy atom. The van der Waals surface area contributed by atoms with Gasteiger partial charge in [-0.05, 0) is 26.7 Å². The Hall–Kier alpha value is -1.14. The first kappa shape index (κ1) is 14.3. The van der Waals surface area contributed by atoms with E-state index < -0.39 is 0 Å². The lowest BCUT2D eigenvalue weighted by Gasteiger charge is -2.27. The molecule has 1 aliphatic heterocycles. The minimum Gasteiger partial charge on any atom is -0.466 e. The number of nitrogens with one attached hydrogen (secondary N) is 1. The van der Waals surface area contributed by atoms with Crippen molar-refractivity contribution < 1.29 is 14.3 Å². The summed E-state index contributed by atoms with van der Waals surface area (Å²) < 4.78 is 10.4. The number of carbonyl (C=O) groups excluding carboxylic acids is 1. The first-order valence-corrected chi connectivity index (χ1v) is 7.53. The molecule has 0 spiro atoms. The van der Waals surface area contributed by atoms with Gasteiger partial charge in [0.2, 0.25) is 0 Å². The normalized spacial score (nSPS) is 23.1. The van der Waals surface area contributed by atoms with Gasteiger partial charge >= 0.3 is 5.97 Å². The van der Waals surface area contributed by atoms with Gasteiger partial charge in [0.15, 0.2) is 5.13 Å². The van der Waals surface area contributed by atoms with Gasteiger partial charge in [0.05, 0.1) is 24.8 Å². The zero-order valence-corrected chi connectivity index (χ0v) is 12.2. The van der Waals surface area contributed by atoms with E-state index in [0.29, 0.717) is 18.8 Å². The highest BCUT2D eigenvalue weighted by atomic mass is 32.1. The summed E-state index contributed by atoms with van der Waals surface area (Å²) in [7, 11) is 0. The van der Waals surface area contributed by atoms with Crippen LogP contribution in [0.1, 0.15) is 32.4 Å². The summed E-state index contributed by atoms with van der Waals surface area (Å²) in [5.74, 6) is -0.223. The summed E-state index contributed by atoms with van der Waals surface area (Å²) in [6, 6.07) is 0.408. The minimum atomic E-state index is -0.223. The van der Waals surface area contributed by atoms with E-state index >= 15 is 0 Å². The number of hydrogen-bond donors (Lipinski definition) is 1. The highest BCUT2D eigenvalue weighted by molar-refractivity contribution is 7.13. The molecule has 1 aromatic rings. The third-order valence-electron chi connectivity index (χ3n) is 3.00. The molecule has 1 N–H and O–H groups in total. The largest absolute Gasteiger partial charge is 0.466 e. The predicted molar refractivity (Wildman–Crippen MR) is 74.5 cm³/mol. The van der Waals surface area contributed by atoms with Crippen LogP contribution in [0.15, 0.2) is 5.38 Å². The lowest BCUT2D eigenvalue weighted by molar-refractivity contribution is -0.142. The van der Waals surface area contributed by atoms with E-state index in [9.17, 15) is 4.79 Å². The van der Waals surface area contributed by atoms with E-state index in [4.69, 9.17) is 9.47 Å². The number of rotatable bonds is 5. The van der Waals surface area contributed by atoms with Crippen LogP contribution in [0.25, 0.3) is 0 Å². The summed E-state index contributed by atoms with van der Waals surface area (Å²) in [5, 5.41) is 6.19. The molecule has 0 aromatic carbocycles. The van der Waals surface area contributed by atoms with Gasteiger partial charge in [-0.25, -0.2) is 4.98 Å². The monoisotopic (exact) mass is 284 g/mol. The Bertz CT molecular complexity index is 422. The second kappa shape index (κ2) is 6.86. The van der Waals surface area contributed by atoms with E-state index in [1.165, 1.54) is 11.3 Å². The van der Waals surface area contributed by atoms with E-state index in [1.807, 2.05) is 5.38 Å². The molecule has 2 unspecified atom stereocenters. The molecule has 2 heterocycles. The van der Waals surface area contributed by atoms with Gasteiger partial charge in [0, 0.05) is 18.0 Å². The summed E-state index contributed by atoms with van der Waals surface area (Å²) in [4.78, 5) is 15.8. The molecule has 1 fully saturated rings. The Balaban J connectivity index is 1.84. The van der Waals surface area contributed by atoms with Gasteiger partial charge in [-0.15, -0.1) is 11.3 Å². The van der Waals surface area contributed by atoms with Crippen LogP contribution in [0, 0.1) is 0 Å². The van der Waals surface area contributed by atoms with E-state index in [2.05, 4.69) is 17.2 Å². The van der Waals surface area contributed by atoms with Gasteiger partial charge in [0.1, 0.15) is 0 Å². The summed E-state index contributed by atoms with van der Waals surface area (Å²) in [6.07, 6.45) is 2.53. The quantitative estimate of drug-likeness (QED) is 0.840. The lowest BCUT2D eigenvalue weighted by atomic mass is 10.1. The van der Waals surface area contributed by atoms with Crippen molar-refractivity contribution in [2.45, 2.75) is 45.3 Å². The van der Waals surface area contributed by atoms with Crippen LogP contribution in [-0.4, -0.2) is 36.3 Å². The first-order chi connectivity index (χ1) is 9.17. The molecule has 19 heavy (non-hydrogen) atoms. The van der Waals surface area contributed by atoms with Crippen molar-refractivity contribution in [1.29, 1.82) is 0 Å². The van der Waals surface area contributed by atoms with Crippen molar-refractivity contribution in [3.8, 4) is 0 Å². The number of esters is 1. The molecule has 0 saturated carbocycles. The van der Waals surface area contributed by atoms with Crippen molar-refractivity contribution in [2.75, 3.05) is 18.5 Å². The number of ether oxygens (including phenoxy) is 2. The summed E-state index contributed by atoms with van der Waals surface area (Å²) >= 11 is 1.53. The van der Waals surface area contributed by atoms with Gasteiger partial charge < -0.3 is 14.8 Å². The number of carbonyl (C=O) groups is 1. The molecular formula is C13H20N2O3S. The molecule has 6 heteroatoms. The lowest BCUT2D eigenvalue weighted by Crippen LogP contribution is -2.32. The van der Waals surface area contributed by atoms with Gasteiger partial charge in [-0.1, -0.05) is 0 Å². The number of hydrogen-bond acceptors (Lipinski definition) is 6. The minimum absolute atomic E-state index is 0.223. The maximum atomic E-state index is 11.4. The number of aromatic nitrogens is 1. The molecule has 0 amide bonds. The molecule has 5 nitrogen and oxygen atoms in total. The molecule has 1 saturated heterocycles. The highest BCUT2D eigenvalue weighted by Gasteiger charge is 2.20. The molecule has 1 aromatic heterocycles. The molecule has 0 aliphatic carbocycles. The molecular weight excluding hydrogens is 264 g/mol. The molecule has 0 radical (unpaired) electrons. The highest BCUT2D eigenvalue weighted by Crippen LogP contribution is 2.22. The van der Waals surface area contributed by atoms with Crippen LogP contribution in [-0.2, 0) is 20.7 Å². The predicted octanol–water partition coefficient (Wildman–Crippen LogP) is 2.23. The number of nitrogens with zero attached hydrogens (tertiary/aromatic N) is 1. The van der Waals surface area contributed by atoms with Crippen LogP contribution in [0.3, 0.4) is 0 Å². The number of anilines is 1. The summed E-state index contributed by atoms with van der Waals surface area (Å²) in [6.45, 7) is 5.09. The third-order valence-corrected chi connectivity index (χ3v) is 3.82. The van der Waals surface area contributed by atoms with Crippen molar-refractivity contribution >= 4 is 22.4 Å². The summed E-state index contributed by atoms with van der Waals surface area (Å²) in [5.41, 5.74) is 0.769. The molecule has 0 bridgehead atoms. The van der Waals surface area contributed by atoms with Crippen LogP contribution in [0.2, 0.25) is 0 Å². The molecule has 2 atom stereocenters. The van der Waals surface area contributed by atoms with Gasteiger partial charge in [-0.2, -0.15) is 0 Å². The Morgan fingerprint density at radius 3 is 3.26 bits per heavy atom. The zero-order chi connectivity index (χ0) is 13.7. The maximum Gasteiger partial charge on any atom is 0.311 e. The first-order valence-electron chi connectivity index (χ1n) is 6.65. The fraction of sp³-hybridized carbons (Fsp3) is 0.692. The standard InChI is InChI=1S/C13H20N2O3S/c1-3-17-12(16)7-11-8-19-13(15-11)14-10-4-5-18-9(2)6-10/h8-10H,3-7H2,1-2H3,(H,14,15). The maximum absolute atomic E-state index is 11.4. The Kier molecular flexibility index (Phi) is 5.15. The average Bonchev–Trinajstić information content (AvgIpc) is 2.76. The Morgan fingerprint density at radius 1 is 1.68 bits per heavy atom. The van der Waals surface area contributed by atoms with Gasteiger partial charge in [-0.3, -0.25) is 4.79 Å². The van der Waals surface area contributed by atoms with E-state index in [0.717, 1.165) is 30.3 Å². The van der Waals surface area contributed by atoms with Crippen LogP contribution in [0.5, 0.6) is 0 Å². The SMILES string of the molecule is CCOC(=O)Cc1csc(NC2CCOC(C)C2)n1. The average molecular weight is 284 g/mol. The van der Waals surface area contributed by atoms with Crippen molar-refractivity contribution in [2.24, 2.45) is 0 Å². The van der Waals surface area contributed by atoms with Crippen molar-refractivity contribution in [3.63, 3.8) is 0 Å². The fourth-order valence-corrected chi connectivity index (χ4v) is 2.91. The zero-order valence-electron chi connectivity index (χ0n) is 11.3. The van der Waals surface area contributed by atoms with Crippen LogP contribution < -0.4 is 5.32 Å². The topological polar surface area (TPSA) is 60.5 Å². The molecule has 106 valence electrons. The van der Waals surface area contributed by atoms with Crippen LogP contribution in [0.4, 0.5) is 5.13 Å². The van der Waals surface area contributed by atoms with Crippen molar-refractivity contribution in [1.82, 2.24) is 4.98 Å². The van der Waals surface area contributed by atoms with E-state index in [1.54, 1.807) is 6.92 Å². The number of thiazole rings is 1. The van der Waals surface area contributed by atoms with E-state index in [-0.39, 0.29) is 12.4 Å². The molecule has 2 rings (SSSR count). The van der Waals surface area contributed by atoms with Crippen LogP contribution >= 0.6 is 11.3 Å². The smallest absolute Gasteiger partial charge is 0.311 e. The fourth-order valence-electron chi connectivity index (χ4n) is 2.12. The van der Waals surface area contributed by atoms with Gasteiger partial charge in [0.25, 0.3) is 0 Å². The Labute approximate surface area is 117 Å². The second-order valence-corrected chi connectivity index (χ2v) is 5.53. The van der Waals surface area contributed by atoms with Crippen molar-refractivity contribution in [3.05, 3.63) is 11.1 Å². The third kappa shape index (κ3) is 4.47. The molecule has 1 aliphatic rings. The second-order valence-electron chi connectivity index (χ2n) is 4.67.